The topological polar surface area (TPSA) is 63.4 Å². The average Bonchev–Trinajstić information content (AvgIpc) is 2.68. The molecule has 2 unspecified atom stereocenters. The summed E-state index contributed by atoms with van der Waals surface area (Å²) in [4.78, 5) is 2.47. The molecular formula is C14H22Cl2N2O2S. The number of hydrogen-bond acceptors (Lipinski definition) is 4. The summed E-state index contributed by atoms with van der Waals surface area (Å²) in [5, 5.41) is 0.306. The highest BCUT2D eigenvalue weighted by atomic mass is 35.5. The van der Waals surface area contributed by atoms with Crippen molar-refractivity contribution in [1.82, 2.24) is 4.90 Å². The monoisotopic (exact) mass is 352 g/mol. The largest absolute Gasteiger partial charge is 0.326 e. The van der Waals surface area contributed by atoms with Crippen molar-refractivity contribution in [2.75, 3.05) is 18.8 Å². The van der Waals surface area contributed by atoms with E-state index in [1.807, 2.05) is 6.07 Å². The lowest BCUT2D eigenvalue weighted by Gasteiger charge is -2.18. The van der Waals surface area contributed by atoms with Crippen molar-refractivity contribution >= 4 is 33.8 Å². The lowest BCUT2D eigenvalue weighted by molar-refractivity contribution is 0.316. The summed E-state index contributed by atoms with van der Waals surface area (Å²) in [6.07, 6.45) is 0. The van der Waals surface area contributed by atoms with Crippen LogP contribution in [0.15, 0.2) is 23.1 Å². The Morgan fingerprint density at radius 1 is 1.38 bits per heavy atom. The average molecular weight is 353 g/mol. The highest BCUT2D eigenvalue weighted by Gasteiger charge is 2.28. The van der Waals surface area contributed by atoms with Gasteiger partial charge in [0, 0.05) is 25.7 Å². The van der Waals surface area contributed by atoms with E-state index in [0.717, 1.165) is 18.7 Å². The molecule has 0 radical (unpaired) electrons. The zero-order chi connectivity index (χ0) is 14.9. The van der Waals surface area contributed by atoms with Gasteiger partial charge in [0.2, 0.25) is 0 Å². The number of likely N-dealkylation sites (tertiary alicyclic amines) is 1. The van der Waals surface area contributed by atoms with E-state index in [1.54, 1.807) is 19.1 Å². The Morgan fingerprint density at radius 3 is 2.57 bits per heavy atom. The van der Waals surface area contributed by atoms with Gasteiger partial charge in [0.1, 0.15) is 0 Å². The van der Waals surface area contributed by atoms with Crippen molar-refractivity contribution in [1.29, 1.82) is 0 Å². The minimum absolute atomic E-state index is 0. The maximum Gasteiger partial charge on any atom is 0.179 e. The van der Waals surface area contributed by atoms with Crippen molar-refractivity contribution in [3.8, 4) is 0 Å². The van der Waals surface area contributed by atoms with Gasteiger partial charge in [-0.1, -0.05) is 37.6 Å². The number of sulfone groups is 1. The molecule has 0 amide bonds. The van der Waals surface area contributed by atoms with Crippen LogP contribution in [0.2, 0.25) is 5.02 Å². The Labute approximate surface area is 138 Å². The van der Waals surface area contributed by atoms with Gasteiger partial charge in [-0.2, -0.15) is 0 Å². The van der Waals surface area contributed by atoms with Crippen molar-refractivity contribution < 1.29 is 8.42 Å². The minimum atomic E-state index is -3.32. The van der Waals surface area contributed by atoms with Gasteiger partial charge < -0.3 is 5.73 Å². The first-order valence-electron chi connectivity index (χ1n) is 6.83. The smallest absolute Gasteiger partial charge is 0.179 e. The second kappa shape index (κ2) is 7.29. The molecule has 1 fully saturated rings. The lowest BCUT2D eigenvalue weighted by atomic mass is 10.1. The predicted molar refractivity (Wildman–Crippen MR) is 88.8 cm³/mol. The Kier molecular flexibility index (Phi) is 6.50. The van der Waals surface area contributed by atoms with Gasteiger partial charge in [0.25, 0.3) is 0 Å². The number of benzene rings is 1. The molecule has 0 spiro atoms. The van der Waals surface area contributed by atoms with Crippen LogP contribution in [0.5, 0.6) is 0 Å². The fourth-order valence-corrected chi connectivity index (χ4v) is 4.37. The van der Waals surface area contributed by atoms with E-state index in [9.17, 15) is 8.42 Å². The number of nitrogens with two attached hydrogens (primary N) is 1. The van der Waals surface area contributed by atoms with Gasteiger partial charge in [0.05, 0.1) is 15.7 Å². The molecule has 4 nitrogen and oxygen atoms in total. The molecule has 1 aromatic carbocycles. The summed E-state index contributed by atoms with van der Waals surface area (Å²) >= 11 is 6.11. The van der Waals surface area contributed by atoms with Crippen LogP contribution in [0, 0.1) is 5.92 Å². The first-order chi connectivity index (χ1) is 9.35. The Bertz CT molecular complexity index is 583. The van der Waals surface area contributed by atoms with Crippen LogP contribution in [-0.2, 0) is 16.4 Å². The highest BCUT2D eigenvalue weighted by molar-refractivity contribution is 7.91. The third-order valence-corrected chi connectivity index (χ3v) is 6.17. The molecule has 0 saturated carbocycles. The number of hydrogen-bond donors (Lipinski definition) is 1. The standard InChI is InChI=1S/C14H21ClN2O2S.ClH/c1-3-20(18,19)14-11(5-4-6-12(14)15)8-17-7-10(2)13(16)9-17;/h4-6,10,13H,3,7-9,16H2,1-2H3;1H. The molecular weight excluding hydrogens is 331 g/mol. The predicted octanol–water partition coefficient (Wildman–Crippen LogP) is 2.33. The normalized spacial score (nSPS) is 23.0. The maximum atomic E-state index is 12.2. The molecule has 1 aliphatic rings. The molecule has 1 heterocycles. The number of nitrogens with zero attached hydrogens (tertiary/aromatic N) is 1. The Balaban J connectivity index is 0.00000220. The summed E-state index contributed by atoms with van der Waals surface area (Å²) in [6, 6.07) is 5.42. The van der Waals surface area contributed by atoms with Crippen molar-refractivity contribution in [3.63, 3.8) is 0 Å². The SMILES string of the molecule is CCS(=O)(=O)c1c(Cl)cccc1CN1CC(C)C(N)C1.Cl. The van der Waals surface area contributed by atoms with Crippen LogP contribution in [0.1, 0.15) is 19.4 Å². The van der Waals surface area contributed by atoms with Crippen molar-refractivity contribution in [2.45, 2.75) is 31.3 Å². The van der Waals surface area contributed by atoms with Crippen LogP contribution < -0.4 is 5.73 Å². The Hall–Kier alpha value is -0.330. The van der Waals surface area contributed by atoms with Gasteiger partial charge in [-0.3, -0.25) is 4.90 Å². The highest BCUT2D eigenvalue weighted by Crippen LogP contribution is 2.28. The molecule has 1 aromatic rings. The van der Waals surface area contributed by atoms with E-state index < -0.39 is 9.84 Å². The molecule has 2 N–H and O–H groups in total. The van der Waals surface area contributed by atoms with E-state index in [0.29, 0.717) is 17.5 Å². The van der Waals surface area contributed by atoms with Gasteiger partial charge in [-0.25, -0.2) is 8.42 Å². The van der Waals surface area contributed by atoms with Crippen molar-refractivity contribution in [3.05, 3.63) is 28.8 Å². The minimum Gasteiger partial charge on any atom is -0.326 e. The third kappa shape index (κ3) is 4.11. The van der Waals surface area contributed by atoms with E-state index >= 15 is 0 Å². The first kappa shape index (κ1) is 18.7. The number of rotatable bonds is 4. The summed E-state index contributed by atoms with van der Waals surface area (Å²) in [6.45, 7) is 6.01. The zero-order valence-corrected chi connectivity index (χ0v) is 14.6. The molecule has 0 aliphatic carbocycles. The fourth-order valence-electron chi connectivity index (χ4n) is 2.64. The maximum absolute atomic E-state index is 12.2. The molecule has 21 heavy (non-hydrogen) atoms. The number of halogens is 2. The molecule has 2 atom stereocenters. The van der Waals surface area contributed by atoms with Gasteiger partial charge in [0.15, 0.2) is 9.84 Å². The Morgan fingerprint density at radius 2 is 2.05 bits per heavy atom. The van der Waals surface area contributed by atoms with E-state index in [2.05, 4.69) is 11.8 Å². The summed E-state index contributed by atoms with van der Waals surface area (Å²) in [5.74, 6) is 0.486. The van der Waals surface area contributed by atoms with E-state index in [1.165, 1.54) is 0 Å². The zero-order valence-electron chi connectivity index (χ0n) is 12.3. The molecule has 7 heteroatoms. The molecule has 1 aliphatic heterocycles. The van der Waals surface area contributed by atoms with Crippen LogP contribution >= 0.6 is 24.0 Å². The van der Waals surface area contributed by atoms with Gasteiger partial charge >= 0.3 is 0 Å². The lowest BCUT2D eigenvalue weighted by Crippen LogP contribution is -2.28. The molecule has 1 saturated heterocycles. The third-order valence-electron chi connectivity index (χ3n) is 3.88. The van der Waals surface area contributed by atoms with Crippen LogP contribution in [0.25, 0.3) is 0 Å². The molecule has 0 aromatic heterocycles. The van der Waals surface area contributed by atoms with Gasteiger partial charge in [-0.15, -0.1) is 12.4 Å². The first-order valence-corrected chi connectivity index (χ1v) is 8.86. The summed E-state index contributed by atoms with van der Waals surface area (Å²) < 4.78 is 24.4. The molecule has 0 bridgehead atoms. The molecule has 2 rings (SSSR count). The van der Waals surface area contributed by atoms with Crippen LogP contribution in [0.3, 0.4) is 0 Å². The fraction of sp³-hybridized carbons (Fsp3) is 0.571. The summed E-state index contributed by atoms with van der Waals surface area (Å²) in [5.41, 5.74) is 6.78. The van der Waals surface area contributed by atoms with E-state index in [-0.39, 0.29) is 29.1 Å². The van der Waals surface area contributed by atoms with Gasteiger partial charge in [-0.05, 0) is 17.5 Å². The van der Waals surface area contributed by atoms with Crippen LogP contribution in [-0.4, -0.2) is 38.2 Å². The molecule has 120 valence electrons. The quantitative estimate of drug-likeness (QED) is 0.903. The van der Waals surface area contributed by atoms with Crippen LogP contribution in [0.4, 0.5) is 0 Å². The summed E-state index contributed by atoms with van der Waals surface area (Å²) in [7, 11) is -3.32. The van der Waals surface area contributed by atoms with Crippen molar-refractivity contribution in [2.24, 2.45) is 11.7 Å². The van der Waals surface area contributed by atoms with E-state index in [4.69, 9.17) is 17.3 Å². The second-order valence-corrected chi connectivity index (χ2v) is 8.09. The second-order valence-electron chi connectivity index (χ2n) is 5.47.